The van der Waals surface area contributed by atoms with Crippen molar-refractivity contribution in [1.29, 1.82) is 0 Å². The number of benzene rings is 1. The summed E-state index contributed by atoms with van der Waals surface area (Å²) in [6.45, 7) is 2.26. The first-order valence-corrected chi connectivity index (χ1v) is 6.88. The number of hydrogen-bond donors (Lipinski definition) is 2. The Morgan fingerprint density at radius 2 is 2.28 bits per heavy atom. The summed E-state index contributed by atoms with van der Waals surface area (Å²) in [5, 5.41) is 0.183. The van der Waals surface area contributed by atoms with Gasteiger partial charge in [-0.3, -0.25) is 11.3 Å². The van der Waals surface area contributed by atoms with E-state index >= 15 is 0 Å². The van der Waals surface area contributed by atoms with Crippen LogP contribution in [0.3, 0.4) is 0 Å². The van der Waals surface area contributed by atoms with Crippen LogP contribution in [0.15, 0.2) is 18.2 Å². The molecular weight excluding hydrogens is 251 g/mol. The molecule has 0 amide bonds. The lowest BCUT2D eigenvalue weighted by Gasteiger charge is -2.23. The Morgan fingerprint density at radius 1 is 1.50 bits per heavy atom. The third kappa shape index (κ3) is 3.02. The van der Waals surface area contributed by atoms with E-state index < -0.39 is 0 Å². The predicted molar refractivity (Wildman–Crippen MR) is 72.7 cm³/mol. The Balaban J connectivity index is 2.08. The molecule has 2 rings (SSSR count). The summed E-state index contributed by atoms with van der Waals surface area (Å²) in [6, 6.07) is 5.27. The van der Waals surface area contributed by atoms with Crippen LogP contribution in [-0.4, -0.2) is 6.04 Å². The smallest absolute Gasteiger partial charge is 0.145 e. The molecule has 0 bridgehead atoms. The molecule has 0 radical (unpaired) electrons. The van der Waals surface area contributed by atoms with Crippen molar-refractivity contribution in [1.82, 2.24) is 5.43 Å². The number of nitrogens with one attached hydrogen (secondary N) is 1. The second-order valence-electron chi connectivity index (χ2n) is 5.37. The van der Waals surface area contributed by atoms with Crippen LogP contribution in [0.25, 0.3) is 0 Å². The second kappa shape index (κ2) is 6.00. The third-order valence-electron chi connectivity index (χ3n) is 3.99. The van der Waals surface area contributed by atoms with E-state index in [2.05, 4.69) is 12.3 Å². The van der Waals surface area contributed by atoms with Crippen LogP contribution in [0.4, 0.5) is 4.39 Å². The zero-order chi connectivity index (χ0) is 13.1. The molecule has 1 aliphatic carbocycles. The highest BCUT2D eigenvalue weighted by atomic mass is 35.5. The van der Waals surface area contributed by atoms with Crippen molar-refractivity contribution >= 4 is 11.6 Å². The fourth-order valence-electron chi connectivity index (χ4n) is 2.92. The summed E-state index contributed by atoms with van der Waals surface area (Å²) in [4.78, 5) is 0. The summed E-state index contributed by atoms with van der Waals surface area (Å²) in [5.41, 5.74) is 3.49. The lowest BCUT2D eigenvalue weighted by Crippen LogP contribution is -2.42. The lowest BCUT2D eigenvalue weighted by atomic mass is 9.92. The van der Waals surface area contributed by atoms with E-state index in [-0.39, 0.29) is 16.9 Å². The van der Waals surface area contributed by atoms with Gasteiger partial charge in [0.25, 0.3) is 0 Å². The van der Waals surface area contributed by atoms with Gasteiger partial charge in [0.15, 0.2) is 0 Å². The molecule has 4 heteroatoms. The maximum absolute atomic E-state index is 13.9. The summed E-state index contributed by atoms with van der Waals surface area (Å²) >= 11 is 5.80. The highest BCUT2D eigenvalue weighted by Gasteiger charge is 2.28. The molecule has 0 spiro atoms. The van der Waals surface area contributed by atoms with Crippen LogP contribution in [0.5, 0.6) is 0 Å². The van der Waals surface area contributed by atoms with Crippen molar-refractivity contribution in [3.8, 4) is 0 Å². The maximum atomic E-state index is 13.9. The Bertz CT molecular complexity index is 411. The van der Waals surface area contributed by atoms with Gasteiger partial charge in [-0.05, 0) is 42.7 Å². The third-order valence-corrected chi connectivity index (χ3v) is 4.28. The van der Waals surface area contributed by atoms with Gasteiger partial charge in [-0.2, -0.15) is 0 Å². The van der Waals surface area contributed by atoms with Crippen molar-refractivity contribution in [3.63, 3.8) is 0 Å². The first kappa shape index (κ1) is 13.8. The quantitative estimate of drug-likeness (QED) is 0.651. The summed E-state index contributed by atoms with van der Waals surface area (Å²) in [6.07, 6.45) is 4.16. The Kier molecular flexibility index (Phi) is 4.60. The predicted octanol–water partition coefficient (Wildman–Crippen LogP) is 3.29. The number of rotatable bonds is 4. The molecule has 3 unspecified atom stereocenters. The normalized spacial score (nSPS) is 25.3. The monoisotopic (exact) mass is 270 g/mol. The van der Waals surface area contributed by atoms with Crippen molar-refractivity contribution in [2.24, 2.45) is 17.7 Å². The molecule has 0 aromatic heterocycles. The van der Waals surface area contributed by atoms with Crippen molar-refractivity contribution < 1.29 is 4.39 Å². The lowest BCUT2D eigenvalue weighted by molar-refractivity contribution is 0.349. The van der Waals surface area contributed by atoms with Gasteiger partial charge in [0, 0.05) is 6.04 Å². The summed E-state index contributed by atoms with van der Waals surface area (Å²) < 4.78 is 13.9. The van der Waals surface area contributed by atoms with Crippen LogP contribution in [0, 0.1) is 17.7 Å². The van der Waals surface area contributed by atoms with Crippen molar-refractivity contribution in [3.05, 3.63) is 34.6 Å². The van der Waals surface area contributed by atoms with Crippen LogP contribution in [0.2, 0.25) is 5.02 Å². The first-order chi connectivity index (χ1) is 8.61. The molecule has 0 aliphatic heterocycles. The number of hydrazine groups is 1. The Hall–Kier alpha value is -0.640. The van der Waals surface area contributed by atoms with E-state index in [1.807, 2.05) is 0 Å². The van der Waals surface area contributed by atoms with Crippen molar-refractivity contribution in [2.75, 3.05) is 0 Å². The van der Waals surface area contributed by atoms with Crippen molar-refractivity contribution in [2.45, 2.75) is 38.6 Å². The van der Waals surface area contributed by atoms with E-state index in [9.17, 15) is 4.39 Å². The van der Waals surface area contributed by atoms with Gasteiger partial charge in [-0.15, -0.1) is 0 Å². The molecule has 1 aromatic carbocycles. The fourth-order valence-corrected chi connectivity index (χ4v) is 3.12. The van der Waals surface area contributed by atoms with Crippen LogP contribution >= 0.6 is 11.6 Å². The van der Waals surface area contributed by atoms with Gasteiger partial charge >= 0.3 is 0 Å². The van der Waals surface area contributed by atoms with Crippen LogP contribution < -0.4 is 11.3 Å². The zero-order valence-electron chi connectivity index (χ0n) is 10.6. The minimum Gasteiger partial charge on any atom is -0.271 e. The molecule has 3 N–H and O–H groups in total. The molecule has 1 aromatic rings. The minimum absolute atomic E-state index is 0.128. The van der Waals surface area contributed by atoms with Gasteiger partial charge in [0.2, 0.25) is 0 Å². The molecular formula is C14H20ClFN2. The van der Waals surface area contributed by atoms with Gasteiger partial charge in [-0.25, -0.2) is 4.39 Å². The molecule has 2 nitrogen and oxygen atoms in total. The van der Waals surface area contributed by atoms with E-state index in [1.54, 1.807) is 18.2 Å². The molecule has 100 valence electrons. The molecule has 0 saturated heterocycles. The highest BCUT2D eigenvalue weighted by Crippen LogP contribution is 2.34. The van der Waals surface area contributed by atoms with Crippen LogP contribution in [-0.2, 0) is 6.42 Å². The van der Waals surface area contributed by atoms with Gasteiger partial charge in [-0.1, -0.05) is 37.1 Å². The molecule has 1 saturated carbocycles. The SMILES string of the molecule is CC1CCC(C(Cc2cccc(Cl)c2F)NN)C1. The van der Waals surface area contributed by atoms with E-state index in [4.69, 9.17) is 17.4 Å². The number of halogens is 2. The minimum atomic E-state index is -0.314. The van der Waals surface area contributed by atoms with Gasteiger partial charge in [0.1, 0.15) is 5.82 Å². The highest BCUT2D eigenvalue weighted by molar-refractivity contribution is 6.30. The van der Waals surface area contributed by atoms with E-state index in [1.165, 1.54) is 6.42 Å². The van der Waals surface area contributed by atoms with Crippen LogP contribution in [0.1, 0.15) is 31.7 Å². The average molecular weight is 271 g/mol. The molecule has 18 heavy (non-hydrogen) atoms. The standard InChI is InChI=1S/C14H20ClFN2/c1-9-5-6-10(7-9)13(18-17)8-11-3-2-4-12(15)14(11)16/h2-4,9-10,13,18H,5-8,17H2,1H3. The number of hydrogen-bond acceptors (Lipinski definition) is 2. The first-order valence-electron chi connectivity index (χ1n) is 6.50. The Morgan fingerprint density at radius 3 is 2.89 bits per heavy atom. The largest absolute Gasteiger partial charge is 0.271 e. The molecule has 0 heterocycles. The summed E-state index contributed by atoms with van der Waals surface area (Å²) in [7, 11) is 0. The number of nitrogens with two attached hydrogens (primary N) is 1. The molecule has 1 aliphatic rings. The van der Waals surface area contributed by atoms with Gasteiger partial charge < -0.3 is 0 Å². The van der Waals surface area contributed by atoms with E-state index in [0.29, 0.717) is 17.9 Å². The zero-order valence-corrected chi connectivity index (χ0v) is 11.4. The van der Waals surface area contributed by atoms with E-state index in [0.717, 1.165) is 18.8 Å². The molecule has 1 fully saturated rings. The summed E-state index contributed by atoms with van der Waals surface area (Å²) in [5.74, 6) is 6.59. The topological polar surface area (TPSA) is 38.0 Å². The van der Waals surface area contributed by atoms with Gasteiger partial charge in [0.05, 0.1) is 5.02 Å². The maximum Gasteiger partial charge on any atom is 0.145 e. The Labute approximate surface area is 113 Å². The second-order valence-corrected chi connectivity index (χ2v) is 5.78. The average Bonchev–Trinajstić information content (AvgIpc) is 2.78. The fraction of sp³-hybridized carbons (Fsp3) is 0.571. The molecule has 3 atom stereocenters.